The first-order chi connectivity index (χ1) is 9.58. The summed E-state index contributed by atoms with van der Waals surface area (Å²) in [5, 5.41) is 0. The molecule has 1 aromatic heterocycles. The second-order valence-corrected chi connectivity index (χ2v) is 5.29. The molecule has 1 heterocycles. The van der Waals surface area contributed by atoms with E-state index in [2.05, 4.69) is 34.1 Å². The minimum absolute atomic E-state index is 0.388. The highest BCUT2D eigenvalue weighted by atomic mass is 32.1. The Morgan fingerprint density at radius 3 is 2.55 bits per heavy atom. The molecule has 0 unspecified atom stereocenters. The highest BCUT2D eigenvalue weighted by molar-refractivity contribution is 7.80. The molecule has 0 aliphatic heterocycles. The summed E-state index contributed by atoms with van der Waals surface area (Å²) in [4.78, 5) is 7.06. The van der Waals surface area contributed by atoms with Gasteiger partial charge in [-0.05, 0) is 31.0 Å². The number of hydrogen-bond acceptors (Lipinski definition) is 3. The fourth-order valence-electron chi connectivity index (χ4n) is 2.07. The molecule has 0 atom stereocenters. The zero-order chi connectivity index (χ0) is 14.5. The number of nitrogens with zero attached hydrogens (tertiary/aromatic N) is 2. The van der Waals surface area contributed by atoms with Gasteiger partial charge in [-0.1, -0.05) is 42.5 Å². The molecule has 0 bridgehead atoms. The van der Waals surface area contributed by atoms with Crippen molar-refractivity contribution >= 4 is 23.0 Å². The molecule has 0 radical (unpaired) electrons. The Bertz CT molecular complexity index is 596. The Kier molecular flexibility index (Phi) is 4.69. The number of nitrogens with two attached hydrogens (primary N) is 1. The van der Waals surface area contributed by atoms with Gasteiger partial charge in [0.15, 0.2) is 0 Å². The van der Waals surface area contributed by atoms with Crippen molar-refractivity contribution in [3.63, 3.8) is 0 Å². The number of hydrogen-bond donors (Lipinski definition) is 1. The van der Waals surface area contributed by atoms with Crippen LogP contribution < -0.4 is 10.6 Å². The lowest BCUT2D eigenvalue weighted by Crippen LogP contribution is -2.25. The number of pyridine rings is 1. The van der Waals surface area contributed by atoms with Crippen LogP contribution in [-0.2, 0) is 6.42 Å². The number of likely N-dealkylation sites (N-methyl/N-ethyl adjacent to an activating group) is 1. The van der Waals surface area contributed by atoms with Gasteiger partial charge in [-0.15, -0.1) is 0 Å². The summed E-state index contributed by atoms with van der Waals surface area (Å²) in [7, 11) is 2.02. The van der Waals surface area contributed by atoms with Gasteiger partial charge in [0, 0.05) is 19.3 Å². The molecule has 2 aromatic rings. The molecule has 0 aliphatic rings. The summed E-state index contributed by atoms with van der Waals surface area (Å²) in [5.74, 6) is 0.855. The van der Waals surface area contributed by atoms with E-state index in [1.165, 1.54) is 5.56 Å². The minimum Gasteiger partial charge on any atom is -0.389 e. The van der Waals surface area contributed by atoms with Crippen LogP contribution in [0.2, 0.25) is 0 Å². The van der Waals surface area contributed by atoms with E-state index < -0.39 is 0 Å². The number of thiocarbonyl (C=S) groups is 1. The van der Waals surface area contributed by atoms with E-state index in [0.717, 1.165) is 30.0 Å². The van der Waals surface area contributed by atoms with Crippen molar-refractivity contribution in [2.75, 3.05) is 18.5 Å². The zero-order valence-corrected chi connectivity index (χ0v) is 12.7. The number of aromatic nitrogens is 1. The summed E-state index contributed by atoms with van der Waals surface area (Å²) in [6.45, 7) is 2.84. The van der Waals surface area contributed by atoms with Crippen molar-refractivity contribution in [2.45, 2.75) is 13.3 Å². The Hall–Kier alpha value is -1.94. The Labute approximate surface area is 125 Å². The predicted octanol–water partition coefficient (Wildman–Crippen LogP) is 2.70. The average Bonchev–Trinajstić information content (AvgIpc) is 2.45. The maximum absolute atomic E-state index is 5.77. The topological polar surface area (TPSA) is 42.1 Å². The van der Waals surface area contributed by atoms with E-state index in [1.54, 1.807) is 0 Å². The van der Waals surface area contributed by atoms with Crippen LogP contribution in [0.15, 0.2) is 42.5 Å². The molecular weight excluding hydrogens is 266 g/mol. The van der Waals surface area contributed by atoms with Gasteiger partial charge >= 0.3 is 0 Å². The third kappa shape index (κ3) is 3.54. The summed E-state index contributed by atoms with van der Waals surface area (Å²) in [6.07, 6.45) is 0.962. The molecule has 2 rings (SSSR count). The molecule has 0 fully saturated rings. The van der Waals surface area contributed by atoms with Crippen molar-refractivity contribution in [3.8, 4) is 0 Å². The lowest BCUT2D eigenvalue weighted by molar-refractivity contribution is 0.855. The van der Waals surface area contributed by atoms with Gasteiger partial charge in [-0.25, -0.2) is 4.98 Å². The van der Waals surface area contributed by atoms with Gasteiger partial charge in [-0.3, -0.25) is 0 Å². The highest BCUT2D eigenvalue weighted by Crippen LogP contribution is 2.17. The molecule has 0 saturated heterocycles. The van der Waals surface area contributed by atoms with Crippen molar-refractivity contribution in [2.24, 2.45) is 5.73 Å². The van der Waals surface area contributed by atoms with Crippen LogP contribution in [0.1, 0.15) is 16.8 Å². The highest BCUT2D eigenvalue weighted by Gasteiger charge is 2.11. The van der Waals surface area contributed by atoms with E-state index in [-0.39, 0.29) is 0 Å². The fourth-order valence-corrected chi connectivity index (χ4v) is 2.23. The van der Waals surface area contributed by atoms with E-state index in [1.807, 2.05) is 32.2 Å². The van der Waals surface area contributed by atoms with E-state index in [9.17, 15) is 0 Å². The molecule has 2 N–H and O–H groups in total. The maximum atomic E-state index is 5.77. The third-order valence-corrected chi connectivity index (χ3v) is 3.44. The van der Waals surface area contributed by atoms with Crippen LogP contribution in [0.5, 0.6) is 0 Å². The molecule has 20 heavy (non-hydrogen) atoms. The van der Waals surface area contributed by atoms with Crippen LogP contribution in [-0.4, -0.2) is 23.6 Å². The van der Waals surface area contributed by atoms with Gasteiger partial charge in [0.1, 0.15) is 10.8 Å². The zero-order valence-electron chi connectivity index (χ0n) is 11.8. The Morgan fingerprint density at radius 2 is 1.90 bits per heavy atom. The largest absolute Gasteiger partial charge is 0.389 e. The molecule has 1 aromatic carbocycles. The van der Waals surface area contributed by atoms with Crippen LogP contribution in [0.3, 0.4) is 0 Å². The molecule has 0 spiro atoms. The average molecular weight is 285 g/mol. The molecule has 0 saturated carbocycles. The predicted molar refractivity (Wildman–Crippen MR) is 88.3 cm³/mol. The van der Waals surface area contributed by atoms with Gasteiger partial charge in [0.05, 0.1) is 5.56 Å². The minimum atomic E-state index is 0.388. The maximum Gasteiger partial charge on any atom is 0.138 e. The van der Waals surface area contributed by atoms with Gasteiger partial charge in [-0.2, -0.15) is 0 Å². The summed E-state index contributed by atoms with van der Waals surface area (Å²) in [5.41, 5.74) is 8.88. The molecule has 3 nitrogen and oxygen atoms in total. The van der Waals surface area contributed by atoms with Crippen molar-refractivity contribution in [1.82, 2.24) is 4.98 Å². The number of rotatable bonds is 5. The second-order valence-electron chi connectivity index (χ2n) is 4.85. The summed E-state index contributed by atoms with van der Waals surface area (Å²) < 4.78 is 0. The SMILES string of the molecule is Cc1ccc(C(N)=S)c(N(C)CCc2ccccc2)n1. The normalized spacial score (nSPS) is 10.3. The smallest absolute Gasteiger partial charge is 0.138 e. The van der Waals surface area contributed by atoms with Crippen LogP contribution in [0.25, 0.3) is 0 Å². The number of anilines is 1. The lowest BCUT2D eigenvalue weighted by atomic mass is 10.1. The Morgan fingerprint density at radius 1 is 1.20 bits per heavy atom. The first-order valence-electron chi connectivity index (χ1n) is 6.60. The monoisotopic (exact) mass is 285 g/mol. The molecule has 104 valence electrons. The Balaban J connectivity index is 2.14. The molecule has 4 heteroatoms. The van der Waals surface area contributed by atoms with Crippen LogP contribution >= 0.6 is 12.2 Å². The molecule has 0 amide bonds. The van der Waals surface area contributed by atoms with E-state index in [0.29, 0.717) is 4.99 Å². The lowest BCUT2D eigenvalue weighted by Gasteiger charge is -2.21. The van der Waals surface area contributed by atoms with Gasteiger partial charge in [0.25, 0.3) is 0 Å². The van der Waals surface area contributed by atoms with Gasteiger partial charge in [0.2, 0.25) is 0 Å². The fraction of sp³-hybridized carbons (Fsp3) is 0.250. The standard InChI is InChI=1S/C16H19N3S/c1-12-8-9-14(15(17)20)16(18-12)19(2)11-10-13-6-4-3-5-7-13/h3-9H,10-11H2,1-2H3,(H2,17,20). The van der Waals surface area contributed by atoms with Crippen LogP contribution in [0, 0.1) is 6.92 Å². The molecular formula is C16H19N3S. The van der Waals surface area contributed by atoms with Crippen molar-refractivity contribution in [1.29, 1.82) is 0 Å². The second kappa shape index (κ2) is 6.48. The summed E-state index contributed by atoms with van der Waals surface area (Å²) in [6, 6.07) is 14.3. The van der Waals surface area contributed by atoms with Crippen molar-refractivity contribution in [3.05, 3.63) is 59.3 Å². The number of benzene rings is 1. The van der Waals surface area contributed by atoms with Crippen molar-refractivity contribution < 1.29 is 0 Å². The molecule has 0 aliphatic carbocycles. The number of aryl methyl sites for hydroxylation is 1. The third-order valence-electron chi connectivity index (χ3n) is 3.22. The summed E-state index contributed by atoms with van der Waals surface area (Å²) >= 11 is 5.10. The van der Waals surface area contributed by atoms with E-state index >= 15 is 0 Å². The quantitative estimate of drug-likeness (QED) is 0.858. The van der Waals surface area contributed by atoms with E-state index in [4.69, 9.17) is 18.0 Å². The van der Waals surface area contributed by atoms with Crippen LogP contribution in [0.4, 0.5) is 5.82 Å². The van der Waals surface area contributed by atoms with Gasteiger partial charge < -0.3 is 10.6 Å². The first kappa shape index (κ1) is 14.5. The first-order valence-corrected chi connectivity index (χ1v) is 7.01.